The van der Waals surface area contributed by atoms with Gasteiger partial charge in [0.05, 0.1) is 12.6 Å². The largest absolute Gasteiger partial charge is 0.390 e. The lowest BCUT2D eigenvalue weighted by Gasteiger charge is -2.28. The van der Waals surface area contributed by atoms with Gasteiger partial charge in [-0.05, 0) is 0 Å². The van der Waals surface area contributed by atoms with Crippen molar-refractivity contribution in [2.75, 3.05) is 19.6 Å². The summed E-state index contributed by atoms with van der Waals surface area (Å²) in [4.78, 5) is 2.14. The van der Waals surface area contributed by atoms with Crippen LogP contribution in [0.2, 0.25) is 0 Å². The molecule has 0 amide bonds. The first-order valence-corrected chi connectivity index (χ1v) is 4.77. The van der Waals surface area contributed by atoms with E-state index in [1.165, 1.54) is 0 Å². The Morgan fingerprint density at radius 2 is 2.43 bits per heavy atom. The fourth-order valence-electron chi connectivity index (χ4n) is 1.64. The molecule has 3 N–H and O–H groups in total. The van der Waals surface area contributed by atoms with Gasteiger partial charge in [0.2, 0.25) is 0 Å². The van der Waals surface area contributed by atoms with Crippen LogP contribution in [0, 0.1) is 0 Å². The summed E-state index contributed by atoms with van der Waals surface area (Å²) < 4.78 is 2.03. The van der Waals surface area contributed by atoms with E-state index in [1.807, 2.05) is 4.57 Å². The maximum atomic E-state index is 9.40. The Labute approximate surface area is 82.3 Å². The lowest BCUT2D eigenvalue weighted by molar-refractivity contribution is 0.101. The van der Waals surface area contributed by atoms with E-state index in [2.05, 4.69) is 15.1 Å². The van der Waals surface area contributed by atoms with Crippen molar-refractivity contribution in [3.05, 3.63) is 12.2 Å². The van der Waals surface area contributed by atoms with Crippen LogP contribution < -0.4 is 5.73 Å². The third-order valence-electron chi connectivity index (χ3n) is 2.46. The first-order chi connectivity index (χ1) is 6.79. The Balaban J connectivity index is 1.94. The third kappa shape index (κ3) is 1.92. The minimum absolute atomic E-state index is 0.309. The predicted octanol–water partition coefficient (Wildman–Crippen LogP) is -1.59. The number of rotatable bonds is 3. The van der Waals surface area contributed by atoms with Crippen molar-refractivity contribution in [2.24, 2.45) is 5.73 Å². The highest BCUT2D eigenvalue weighted by atomic mass is 16.3. The van der Waals surface area contributed by atoms with Crippen molar-refractivity contribution in [1.29, 1.82) is 0 Å². The summed E-state index contributed by atoms with van der Waals surface area (Å²) in [6.45, 7) is 3.48. The minimum atomic E-state index is -0.440. The molecule has 1 atom stereocenters. The minimum Gasteiger partial charge on any atom is -0.390 e. The summed E-state index contributed by atoms with van der Waals surface area (Å²) in [6.07, 6.45) is 1.30. The Kier molecular flexibility index (Phi) is 2.76. The first kappa shape index (κ1) is 9.57. The molecule has 0 unspecified atom stereocenters. The highest BCUT2D eigenvalue weighted by Crippen LogP contribution is 2.08. The van der Waals surface area contributed by atoms with Gasteiger partial charge in [-0.25, -0.2) is 0 Å². The zero-order valence-corrected chi connectivity index (χ0v) is 8.00. The van der Waals surface area contributed by atoms with Gasteiger partial charge in [-0.2, -0.15) is 0 Å². The molecule has 1 aliphatic rings. The standard InChI is InChI=1S/C8H15N5O/c9-3-7(14)4-12-1-2-13-6-10-11-8(13)5-12/h6-7,14H,1-5,9H2/t7-/m1/s1. The zero-order valence-electron chi connectivity index (χ0n) is 8.00. The van der Waals surface area contributed by atoms with Crippen LogP contribution in [-0.4, -0.2) is 50.5 Å². The Bertz CT molecular complexity index is 300. The van der Waals surface area contributed by atoms with Crippen LogP contribution in [0.5, 0.6) is 0 Å². The molecule has 0 saturated carbocycles. The second kappa shape index (κ2) is 4.04. The van der Waals surface area contributed by atoms with Gasteiger partial charge in [-0.3, -0.25) is 4.90 Å². The summed E-state index contributed by atoms with van der Waals surface area (Å²) in [7, 11) is 0. The highest BCUT2D eigenvalue weighted by molar-refractivity contribution is 4.90. The molecule has 2 heterocycles. The number of hydrogen-bond acceptors (Lipinski definition) is 5. The van der Waals surface area contributed by atoms with Gasteiger partial charge in [-0.1, -0.05) is 0 Å². The van der Waals surface area contributed by atoms with E-state index in [0.29, 0.717) is 13.1 Å². The summed E-state index contributed by atoms with van der Waals surface area (Å²) in [5.74, 6) is 0.959. The smallest absolute Gasteiger partial charge is 0.147 e. The number of aliphatic hydroxyl groups excluding tert-OH is 1. The molecule has 0 aliphatic carbocycles. The van der Waals surface area contributed by atoms with Crippen LogP contribution in [-0.2, 0) is 13.1 Å². The summed E-state index contributed by atoms with van der Waals surface area (Å²) in [6, 6.07) is 0. The van der Waals surface area contributed by atoms with Crippen molar-refractivity contribution in [3.8, 4) is 0 Å². The molecule has 0 bridgehead atoms. The van der Waals surface area contributed by atoms with E-state index >= 15 is 0 Å². The summed E-state index contributed by atoms with van der Waals surface area (Å²) >= 11 is 0. The SMILES string of the molecule is NC[C@@H](O)CN1CCn2cnnc2C1. The molecule has 14 heavy (non-hydrogen) atoms. The van der Waals surface area contributed by atoms with Gasteiger partial charge in [0.15, 0.2) is 0 Å². The fraction of sp³-hybridized carbons (Fsp3) is 0.750. The second-order valence-corrected chi connectivity index (χ2v) is 3.57. The molecule has 6 nitrogen and oxygen atoms in total. The van der Waals surface area contributed by atoms with E-state index < -0.39 is 6.10 Å². The quantitative estimate of drug-likeness (QED) is 0.611. The topological polar surface area (TPSA) is 80.2 Å². The molecule has 6 heteroatoms. The average molecular weight is 197 g/mol. The van der Waals surface area contributed by atoms with Crippen molar-refractivity contribution in [3.63, 3.8) is 0 Å². The van der Waals surface area contributed by atoms with Crippen molar-refractivity contribution in [2.45, 2.75) is 19.2 Å². The number of hydrogen-bond donors (Lipinski definition) is 2. The first-order valence-electron chi connectivity index (χ1n) is 4.77. The van der Waals surface area contributed by atoms with Crippen LogP contribution in [0.15, 0.2) is 6.33 Å². The molecular weight excluding hydrogens is 182 g/mol. The van der Waals surface area contributed by atoms with E-state index in [0.717, 1.165) is 25.5 Å². The molecule has 2 rings (SSSR count). The zero-order chi connectivity index (χ0) is 9.97. The van der Waals surface area contributed by atoms with Crippen molar-refractivity contribution < 1.29 is 5.11 Å². The molecule has 0 fully saturated rings. The summed E-state index contributed by atoms with van der Waals surface area (Å²) in [5, 5.41) is 17.2. The normalized spacial score (nSPS) is 19.3. The molecule has 0 aromatic carbocycles. The predicted molar refractivity (Wildman–Crippen MR) is 50.4 cm³/mol. The number of nitrogens with two attached hydrogens (primary N) is 1. The number of aliphatic hydroxyl groups is 1. The van der Waals surface area contributed by atoms with Gasteiger partial charge < -0.3 is 15.4 Å². The molecular formula is C8H15N5O. The number of nitrogens with zero attached hydrogens (tertiary/aromatic N) is 4. The average Bonchev–Trinajstić information content (AvgIpc) is 2.64. The highest BCUT2D eigenvalue weighted by Gasteiger charge is 2.18. The van der Waals surface area contributed by atoms with Crippen LogP contribution in [0.1, 0.15) is 5.82 Å². The number of fused-ring (bicyclic) bond motifs is 1. The van der Waals surface area contributed by atoms with E-state index in [-0.39, 0.29) is 0 Å². The lowest BCUT2D eigenvalue weighted by atomic mass is 10.3. The van der Waals surface area contributed by atoms with Gasteiger partial charge in [-0.15, -0.1) is 10.2 Å². The van der Waals surface area contributed by atoms with E-state index in [9.17, 15) is 5.11 Å². The molecule has 1 aliphatic heterocycles. The van der Waals surface area contributed by atoms with Crippen molar-refractivity contribution >= 4 is 0 Å². The van der Waals surface area contributed by atoms with Crippen LogP contribution in [0.4, 0.5) is 0 Å². The van der Waals surface area contributed by atoms with Crippen molar-refractivity contribution in [1.82, 2.24) is 19.7 Å². The van der Waals surface area contributed by atoms with Gasteiger partial charge in [0, 0.05) is 26.2 Å². The van der Waals surface area contributed by atoms with Crippen LogP contribution in [0.25, 0.3) is 0 Å². The van der Waals surface area contributed by atoms with Gasteiger partial charge >= 0.3 is 0 Å². The summed E-state index contributed by atoms with van der Waals surface area (Å²) in [5.41, 5.74) is 5.35. The Morgan fingerprint density at radius 1 is 1.57 bits per heavy atom. The van der Waals surface area contributed by atoms with Gasteiger partial charge in [0.1, 0.15) is 12.2 Å². The van der Waals surface area contributed by atoms with E-state index in [1.54, 1.807) is 6.33 Å². The molecule has 0 radical (unpaired) electrons. The molecule has 0 spiro atoms. The molecule has 78 valence electrons. The Hall–Kier alpha value is -0.980. The van der Waals surface area contributed by atoms with Crippen LogP contribution >= 0.6 is 0 Å². The van der Waals surface area contributed by atoms with Gasteiger partial charge in [0.25, 0.3) is 0 Å². The maximum Gasteiger partial charge on any atom is 0.147 e. The molecule has 1 aromatic rings. The third-order valence-corrected chi connectivity index (χ3v) is 2.46. The molecule has 1 aromatic heterocycles. The monoisotopic (exact) mass is 197 g/mol. The lowest BCUT2D eigenvalue weighted by Crippen LogP contribution is -2.40. The van der Waals surface area contributed by atoms with E-state index in [4.69, 9.17) is 5.73 Å². The number of β-amino-alcohol motifs (C(OH)–C–C–N with tert-alkyl or cyclic N) is 1. The van der Waals surface area contributed by atoms with Crippen LogP contribution in [0.3, 0.4) is 0 Å². The number of aromatic nitrogens is 3. The fourth-order valence-corrected chi connectivity index (χ4v) is 1.64. The maximum absolute atomic E-state index is 9.40. The Morgan fingerprint density at radius 3 is 3.21 bits per heavy atom. The molecule has 0 saturated heterocycles. The second-order valence-electron chi connectivity index (χ2n) is 3.57.